The molecule has 34 heavy (non-hydrogen) atoms. The second kappa shape index (κ2) is 9.07. The van der Waals surface area contributed by atoms with E-state index in [4.69, 9.17) is 4.74 Å². The molecule has 2 unspecified atom stereocenters. The summed E-state index contributed by atoms with van der Waals surface area (Å²) in [4.78, 5) is 15.4. The van der Waals surface area contributed by atoms with Crippen LogP contribution in [0.15, 0.2) is 78.9 Å². The zero-order valence-corrected chi connectivity index (χ0v) is 20.7. The lowest BCUT2D eigenvalue weighted by atomic mass is 9.83. The molecule has 3 nitrogen and oxygen atoms in total. The van der Waals surface area contributed by atoms with Crippen molar-refractivity contribution in [1.82, 2.24) is 4.90 Å². The highest BCUT2D eigenvalue weighted by Gasteiger charge is 2.39. The lowest BCUT2D eigenvalue weighted by Gasteiger charge is -2.44. The second-order valence-electron chi connectivity index (χ2n) is 9.59. The average Bonchev–Trinajstić information content (AvgIpc) is 3.20. The zero-order valence-electron chi connectivity index (χ0n) is 19.1. The number of benzene rings is 3. The SMILES string of the molecule is O=C(OCC1c2ccccc2-c2ccccc21)N1C2C=C(c3ccc(CBr)cc3)CC1CCC2. The van der Waals surface area contributed by atoms with Crippen molar-refractivity contribution in [2.24, 2.45) is 0 Å². The van der Waals surface area contributed by atoms with Gasteiger partial charge >= 0.3 is 6.09 Å². The van der Waals surface area contributed by atoms with Crippen molar-refractivity contribution in [3.63, 3.8) is 0 Å². The Balaban J connectivity index is 1.20. The number of carbonyl (C=O) groups is 1. The number of hydrogen-bond acceptors (Lipinski definition) is 2. The molecule has 6 rings (SSSR count). The van der Waals surface area contributed by atoms with E-state index in [0.717, 1.165) is 31.0 Å². The maximum atomic E-state index is 13.4. The molecule has 0 spiro atoms. The third kappa shape index (κ3) is 3.78. The maximum Gasteiger partial charge on any atom is 0.410 e. The largest absolute Gasteiger partial charge is 0.448 e. The third-order valence-corrected chi connectivity index (χ3v) is 8.31. The molecule has 1 aliphatic carbocycles. The molecule has 3 aromatic carbocycles. The van der Waals surface area contributed by atoms with Crippen LogP contribution in [0.25, 0.3) is 16.7 Å². The fourth-order valence-electron chi connectivity index (χ4n) is 6.00. The Hall–Kier alpha value is -2.85. The van der Waals surface area contributed by atoms with E-state index in [9.17, 15) is 4.79 Å². The highest BCUT2D eigenvalue weighted by Crippen LogP contribution is 2.45. The number of piperidine rings is 1. The first kappa shape index (κ1) is 21.7. The van der Waals surface area contributed by atoms with Gasteiger partial charge in [-0.3, -0.25) is 4.90 Å². The predicted octanol–water partition coefficient (Wildman–Crippen LogP) is 7.54. The van der Waals surface area contributed by atoms with Gasteiger partial charge in [-0.25, -0.2) is 4.79 Å². The van der Waals surface area contributed by atoms with E-state index in [1.54, 1.807) is 0 Å². The molecule has 172 valence electrons. The molecule has 3 aromatic rings. The van der Waals surface area contributed by atoms with Crippen LogP contribution < -0.4 is 0 Å². The van der Waals surface area contributed by atoms with Crippen LogP contribution in [0.1, 0.15) is 53.9 Å². The van der Waals surface area contributed by atoms with Crippen LogP contribution in [0.2, 0.25) is 0 Å². The van der Waals surface area contributed by atoms with Gasteiger partial charge in [-0.1, -0.05) is 94.8 Å². The predicted molar refractivity (Wildman–Crippen MR) is 140 cm³/mol. The summed E-state index contributed by atoms with van der Waals surface area (Å²) in [5.41, 5.74) is 8.93. The quantitative estimate of drug-likeness (QED) is 0.337. The summed E-state index contributed by atoms with van der Waals surface area (Å²) >= 11 is 3.53. The van der Waals surface area contributed by atoms with Crippen molar-refractivity contribution in [2.75, 3.05) is 6.61 Å². The van der Waals surface area contributed by atoms with Crippen LogP contribution in [-0.2, 0) is 10.1 Å². The van der Waals surface area contributed by atoms with Crippen LogP contribution in [0, 0.1) is 0 Å². The molecule has 1 fully saturated rings. The minimum absolute atomic E-state index is 0.0973. The molecule has 2 aliphatic heterocycles. The molecule has 0 N–H and O–H groups in total. The highest BCUT2D eigenvalue weighted by atomic mass is 79.9. The first-order valence-electron chi connectivity index (χ1n) is 12.2. The summed E-state index contributed by atoms with van der Waals surface area (Å²) in [6, 6.07) is 26.1. The average molecular weight is 514 g/mol. The number of amides is 1. The number of halogens is 1. The maximum absolute atomic E-state index is 13.4. The Kier molecular flexibility index (Phi) is 5.78. The topological polar surface area (TPSA) is 29.5 Å². The monoisotopic (exact) mass is 513 g/mol. The molecular formula is C30H28BrNO2. The first-order valence-corrected chi connectivity index (χ1v) is 13.3. The van der Waals surface area contributed by atoms with E-state index < -0.39 is 0 Å². The second-order valence-corrected chi connectivity index (χ2v) is 10.2. The molecule has 4 heteroatoms. The minimum atomic E-state index is -0.165. The van der Waals surface area contributed by atoms with Crippen LogP contribution in [0.4, 0.5) is 4.79 Å². The zero-order chi connectivity index (χ0) is 23.1. The highest BCUT2D eigenvalue weighted by molar-refractivity contribution is 9.08. The van der Waals surface area contributed by atoms with E-state index in [2.05, 4.69) is 94.8 Å². The van der Waals surface area contributed by atoms with Crippen molar-refractivity contribution >= 4 is 27.6 Å². The summed E-state index contributed by atoms with van der Waals surface area (Å²) in [5, 5.41) is 0.868. The number of hydrogen-bond donors (Lipinski definition) is 0. The van der Waals surface area contributed by atoms with E-state index >= 15 is 0 Å². The van der Waals surface area contributed by atoms with E-state index in [1.165, 1.54) is 39.0 Å². The van der Waals surface area contributed by atoms with E-state index in [1.807, 2.05) is 4.90 Å². The molecule has 0 saturated carbocycles. The molecule has 1 amide bonds. The van der Waals surface area contributed by atoms with Gasteiger partial charge in [0.2, 0.25) is 0 Å². The number of nitrogens with zero attached hydrogens (tertiary/aromatic N) is 1. The van der Waals surface area contributed by atoms with Gasteiger partial charge < -0.3 is 4.74 Å². The van der Waals surface area contributed by atoms with E-state index in [0.29, 0.717) is 6.61 Å². The number of ether oxygens (including phenoxy) is 1. The molecule has 2 heterocycles. The van der Waals surface area contributed by atoms with Gasteiger partial charge in [0, 0.05) is 17.3 Å². The minimum Gasteiger partial charge on any atom is -0.448 e. The molecule has 1 saturated heterocycles. The summed E-state index contributed by atoms with van der Waals surface area (Å²) in [6.07, 6.45) is 6.24. The van der Waals surface area contributed by atoms with Crippen molar-refractivity contribution in [3.8, 4) is 11.1 Å². The van der Waals surface area contributed by atoms with Gasteiger partial charge in [0.25, 0.3) is 0 Å². The van der Waals surface area contributed by atoms with Gasteiger partial charge in [-0.2, -0.15) is 0 Å². The van der Waals surface area contributed by atoms with Crippen molar-refractivity contribution in [1.29, 1.82) is 0 Å². The Labute approximate surface area is 209 Å². The fraction of sp³-hybridized carbons (Fsp3) is 0.300. The summed E-state index contributed by atoms with van der Waals surface area (Å²) < 4.78 is 6.04. The molecule has 2 bridgehead atoms. The summed E-state index contributed by atoms with van der Waals surface area (Å²) in [7, 11) is 0. The van der Waals surface area contributed by atoms with Crippen LogP contribution in [0.5, 0.6) is 0 Å². The van der Waals surface area contributed by atoms with Crippen LogP contribution in [-0.4, -0.2) is 29.7 Å². The lowest BCUT2D eigenvalue weighted by molar-refractivity contribution is 0.0539. The summed E-state index contributed by atoms with van der Waals surface area (Å²) in [5.74, 6) is 0.0973. The normalized spacial score (nSPS) is 21.0. The first-order chi connectivity index (χ1) is 16.7. The number of rotatable bonds is 4. The van der Waals surface area contributed by atoms with Crippen LogP contribution in [0.3, 0.4) is 0 Å². The van der Waals surface area contributed by atoms with Crippen molar-refractivity contribution < 1.29 is 9.53 Å². The molecule has 0 radical (unpaired) electrons. The Morgan fingerprint density at radius 2 is 1.59 bits per heavy atom. The smallest absolute Gasteiger partial charge is 0.410 e. The van der Waals surface area contributed by atoms with Crippen molar-refractivity contribution in [2.45, 2.75) is 49.0 Å². The molecule has 3 aliphatic rings. The number of fused-ring (bicyclic) bond motifs is 5. The van der Waals surface area contributed by atoms with Gasteiger partial charge in [0.1, 0.15) is 6.61 Å². The molecular weight excluding hydrogens is 486 g/mol. The fourth-order valence-corrected chi connectivity index (χ4v) is 6.38. The Bertz CT molecular complexity index is 1200. The number of carbonyl (C=O) groups excluding carboxylic acids is 1. The third-order valence-electron chi connectivity index (χ3n) is 7.66. The molecule has 2 atom stereocenters. The van der Waals surface area contributed by atoms with Gasteiger partial charge in [-0.05, 0) is 64.6 Å². The lowest BCUT2D eigenvalue weighted by Crippen LogP contribution is -2.51. The standard InChI is InChI=1S/C30H28BrNO2/c31-18-20-12-14-21(15-13-20)22-16-23-6-5-7-24(17-22)32(23)30(33)34-19-29-27-10-3-1-8-25(27)26-9-2-4-11-28(26)29/h1-4,8-16,23-24,29H,5-7,17-19H2. The van der Waals surface area contributed by atoms with Gasteiger partial charge in [0.15, 0.2) is 0 Å². The Morgan fingerprint density at radius 1 is 0.912 bits per heavy atom. The van der Waals surface area contributed by atoms with Crippen molar-refractivity contribution in [3.05, 3.63) is 101 Å². The van der Waals surface area contributed by atoms with Gasteiger partial charge in [-0.15, -0.1) is 0 Å². The Morgan fingerprint density at radius 3 is 2.24 bits per heavy atom. The van der Waals surface area contributed by atoms with Crippen LogP contribution >= 0.6 is 15.9 Å². The number of alkyl halides is 1. The summed E-state index contributed by atoms with van der Waals surface area (Å²) in [6.45, 7) is 0.382. The van der Waals surface area contributed by atoms with Gasteiger partial charge in [0.05, 0.1) is 6.04 Å². The van der Waals surface area contributed by atoms with E-state index in [-0.39, 0.29) is 24.1 Å². The molecule has 0 aromatic heterocycles.